The van der Waals surface area contributed by atoms with E-state index in [2.05, 4.69) is 34.0 Å². The molecule has 0 aromatic carbocycles. The maximum absolute atomic E-state index is 5.96. The molecule has 2 N–H and O–H groups in total. The lowest BCUT2D eigenvalue weighted by molar-refractivity contribution is 0.401. The van der Waals surface area contributed by atoms with Crippen LogP contribution in [0.25, 0.3) is 11.2 Å². The second-order valence-corrected chi connectivity index (χ2v) is 5.50. The molecule has 3 aromatic heterocycles. The average Bonchev–Trinajstić information content (AvgIpc) is 2.94. The fraction of sp³-hybridized carbons (Fsp3) is 0.250. The van der Waals surface area contributed by atoms with Crippen molar-refractivity contribution in [1.82, 2.24) is 19.5 Å². The average molecular weight is 275 g/mol. The lowest BCUT2D eigenvalue weighted by Crippen LogP contribution is -2.04. The number of aryl methyl sites for hydroxylation is 1. The number of imidazole rings is 1. The molecule has 0 saturated carbocycles. The van der Waals surface area contributed by atoms with Gasteiger partial charge in [-0.2, -0.15) is 4.98 Å². The lowest BCUT2D eigenvalue weighted by Gasteiger charge is -2.03. The van der Waals surface area contributed by atoms with Gasteiger partial charge in [-0.3, -0.25) is 4.57 Å². The topological polar surface area (TPSA) is 78.8 Å². The summed E-state index contributed by atoms with van der Waals surface area (Å²) < 4.78 is 7.04. The van der Waals surface area contributed by atoms with Crippen LogP contribution in [0.4, 0.5) is 5.95 Å². The second kappa shape index (κ2) is 4.51. The third kappa shape index (κ3) is 2.01. The number of anilines is 1. The monoisotopic (exact) mass is 275 g/mol. The number of aromatic nitrogens is 4. The van der Waals surface area contributed by atoms with Crippen molar-refractivity contribution < 1.29 is 4.74 Å². The number of hydrogen-bond acceptors (Lipinski definition) is 6. The SMILES string of the molecule is COc1ncnc2c1nc(N)n2Cc1ccc(C)s1. The van der Waals surface area contributed by atoms with Crippen LogP contribution in [0.2, 0.25) is 0 Å². The van der Waals surface area contributed by atoms with Crippen molar-refractivity contribution in [1.29, 1.82) is 0 Å². The van der Waals surface area contributed by atoms with Crippen LogP contribution in [0.15, 0.2) is 18.5 Å². The van der Waals surface area contributed by atoms with Crippen LogP contribution in [0.3, 0.4) is 0 Å². The fourth-order valence-corrected chi connectivity index (χ4v) is 2.84. The maximum atomic E-state index is 5.96. The Morgan fingerprint density at radius 2 is 2.21 bits per heavy atom. The Morgan fingerprint density at radius 3 is 2.89 bits per heavy atom. The van der Waals surface area contributed by atoms with Crippen LogP contribution in [-0.4, -0.2) is 26.6 Å². The van der Waals surface area contributed by atoms with Gasteiger partial charge < -0.3 is 10.5 Å². The van der Waals surface area contributed by atoms with Crippen LogP contribution in [0.1, 0.15) is 9.75 Å². The highest BCUT2D eigenvalue weighted by atomic mass is 32.1. The van der Waals surface area contributed by atoms with Crippen LogP contribution in [0, 0.1) is 6.92 Å². The first-order valence-corrected chi connectivity index (χ1v) is 6.56. The quantitative estimate of drug-likeness (QED) is 0.789. The second-order valence-electron chi connectivity index (χ2n) is 4.12. The van der Waals surface area contributed by atoms with E-state index in [1.807, 2.05) is 4.57 Å². The summed E-state index contributed by atoms with van der Waals surface area (Å²) in [5.41, 5.74) is 7.25. The molecule has 0 saturated heterocycles. The van der Waals surface area contributed by atoms with Gasteiger partial charge in [0.2, 0.25) is 11.8 Å². The molecule has 7 heteroatoms. The molecule has 3 rings (SSSR count). The summed E-state index contributed by atoms with van der Waals surface area (Å²) in [6.07, 6.45) is 1.46. The smallest absolute Gasteiger partial charge is 0.245 e. The molecule has 0 unspecified atom stereocenters. The predicted octanol–water partition coefficient (Wildman–Crippen LogP) is 1.84. The molecule has 0 aliphatic carbocycles. The molecular formula is C12H13N5OS. The molecule has 0 bridgehead atoms. The van der Waals surface area contributed by atoms with Gasteiger partial charge >= 0.3 is 0 Å². The molecular weight excluding hydrogens is 262 g/mol. The minimum Gasteiger partial charge on any atom is -0.479 e. The summed E-state index contributed by atoms with van der Waals surface area (Å²) in [6.45, 7) is 2.73. The summed E-state index contributed by atoms with van der Waals surface area (Å²) in [6, 6.07) is 4.18. The normalized spacial score (nSPS) is 11.1. The first-order chi connectivity index (χ1) is 9.19. The van der Waals surface area contributed by atoms with Crippen molar-refractivity contribution in [3.63, 3.8) is 0 Å². The number of rotatable bonds is 3. The number of fused-ring (bicyclic) bond motifs is 1. The fourth-order valence-electron chi connectivity index (χ4n) is 1.96. The van der Waals surface area contributed by atoms with E-state index in [-0.39, 0.29) is 0 Å². The maximum Gasteiger partial charge on any atom is 0.245 e. The van der Waals surface area contributed by atoms with Crippen molar-refractivity contribution in [2.45, 2.75) is 13.5 Å². The first-order valence-electron chi connectivity index (χ1n) is 5.75. The predicted molar refractivity (Wildman–Crippen MR) is 74.4 cm³/mol. The van der Waals surface area contributed by atoms with Gasteiger partial charge in [0.05, 0.1) is 13.7 Å². The van der Waals surface area contributed by atoms with E-state index in [9.17, 15) is 0 Å². The third-order valence-corrected chi connectivity index (χ3v) is 3.82. The van der Waals surface area contributed by atoms with Gasteiger partial charge in [-0.15, -0.1) is 11.3 Å². The van der Waals surface area contributed by atoms with Gasteiger partial charge in [-0.25, -0.2) is 9.97 Å². The zero-order chi connectivity index (χ0) is 13.4. The molecule has 0 atom stereocenters. The van der Waals surface area contributed by atoms with Gasteiger partial charge in [-0.05, 0) is 19.1 Å². The van der Waals surface area contributed by atoms with Crippen LogP contribution >= 0.6 is 11.3 Å². The molecule has 98 valence electrons. The van der Waals surface area contributed by atoms with Crippen molar-refractivity contribution in [3.05, 3.63) is 28.2 Å². The number of hydrogen-bond donors (Lipinski definition) is 1. The van der Waals surface area contributed by atoms with Gasteiger partial charge in [0, 0.05) is 9.75 Å². The van der Waals surface area contributed by atoms with E-state index in [0.29, 0.717) is 29.5 Å². The van der Waals surface area contributed by atoms with E-state index < -0.39 is 0 Å². The van der Waals surface area contributed by atoms with Crippen molar-refractivity contribution in [2.75, 3.05) is 12.8 Å². The number of methoxy groups -OCH3 is 1. The highest BCUT2D eigenvalue weighted by molar-refractivity contribution is 7.11. The van der Waals surface area contributed by atoms with Crippen molar-refractivity contribution in [3.8, 4) is 5.88 Å². The Morgan fingerprint density at radius 1 is 1.37 bits per heavy atom. The first kappa shape index (κ1) is 11.9. The van der Waals surface area contributed by atoms with Gasteiger partial charge in [-0.1, -0.05) is 0 Å². The van der Waals surface area contributed by atoms with Crippen molar-refractivity contribution in [2.24, 2.45) is 0 Å². The van der Waals surface area contributed by atoms with E-state index in [1.54, 1.807) is 18.4 Å². The zero-order valence-electron chi connectivity index (χ0n) is 10.6. The molecule has 6 nitrogen and oxygen atoms in total. The van der Waals surface area contributed by atoms with Crippen molar-refractivity contribution >= 4 is 28.4 Å². The third-order valence-electron chi connectivity index (χ3n) is 2.83. The summed E-state index contributed by atoms with van der Waals surface area (Å²) >= 11 is 1.73. The Labute approximate surface area is 113 Å². The molecule has 19 heavy (non-hydrogen) atoms. The Kier molecular flexibility index (Phi) is 2.83. The number of nitrogens with two attached hydrogens (primary N) is 1. The number of thiophene rings is 1. The Hall–Kier alpha value is -2.15. The molecule has 3 heterocycles. The van der Waals surface area contributed by atoms with E-state index in [1.165, 1.54) is 16.1 Å². The standard InChI is InChI=1S/C12H13N5OS/c1-7-3-4-8(19-7)5-17-10-9(16-12(17)13)11(18-2)15-6-14-10/h3-4,6H,5H2,1-2H3,(H2,13,16). The Balaban J connectivity index is 2.10. The minimum atomic E-state index is 0.417. The van der Waals surface area contributed by atoms with Gasteiger partial charge in [0.25, 0.3) is 0 Å². The summed E-state index contributed by atoms with van der Waals surface area (Å²) in [7, 11) is 1.56. The molecule has 0 aliphatic heterocycles. The zero-order valence-corrected chi connectivity index (χ0v) is 11.4. The largest absolute Gasteiger partial charge is 0.479 e. The van der Waals surface area contributed by atoms with Crippen LogP contribution in [-0.2, 0) is 6.54 Å². The molecule has 0 radical (unpaired) electrons. The summed E-state index contributed by atoms with van der Waals surface area (Å²) in [5, 5.41) is 0. The molecule has 0 spiro atoms. The highest BCUT2D eigenvalue weighted by Crippen LogP contribution is 2.25. The number of ether oxygens (including phenoxy) is 1. The molecule has 0 amide bonds. The minimum absolute atomic E-state index is 0.417. The van der Waals surface area contributed by atoms with E-state index >= 15 is 0 Å². The number of nitrogens with zero attached hydrogens (tertiary/aromatic N) is 4. The van der Waals surface area contributed by atoms with Crippen LogP contribution in [0.5, 0.6) is 5.88 Å². The van der Waals surface area contributed by atoms with E-state index in [0.717, 1.165) is 0 Å². The summed E-state index contributed by atoms with van der Waals surface area (Å²) in [5.74, 6) is 0.859. The molecule has 0 fully saturated rings. The van der Waals surface area contributed by atoms with Crippen LogP contribution < -0.4 is 10.5 Å². The van der Waals surface area contributed by atoms with Gasteiger partial charge in [0.15, 0.2) is 11.2 Å². The Bertz CT molecular complexity index is 733. The summed E-state index contributed by atoms with van der Waals surface area (Å²) in [4.78, 5) is 15.0. The van der Waals surface area contributed by atoms with Gasteiger partial charge in [0.1, 0.15) is 6.33 Å². The van der Waals surface area contributed by atoms with E-state index in [4.69, 9.17) is 10.5 Å². The lowest BCUT2D eigenvalue weighted by atomic mass is 10.4. The number of nitrogen functional groups attached to an aromatic ring is 1. The molecule has 3 aromatic rings. The highest BCUT2D eigenvalue weighted by Gasteiger charge is 2.15. The molecule has 0 aliphatic rings.